The largest absolute Gasteiger partial charge is 0.522 e. The fraction of sp³-hybridized carbons (Fsp3) is 0.316. The van der Waals surface area contributed by atoms with Crippen molar-refractivity contribution < 1.29 is 22.3 Å². The van der Waals surface area contributed by atoms with Crippen molar-refractivity contribution in [1.29, 1.82) is 0 Å². The van der Waals surface area contributed by atoms with Gasteiger partial charge < -0.3 is 4.57 Å². The molecule has 4 aromatic rings. The van der Waals surface area contributed by atoms with Crippen LogP contribution in [0.4, 0.5) is 17.6 Å². The predicted molar refractivity (Wildman–Crippen MR) is 100 cm³/mol. The second-order valence-corrected chi connectivity index (χ2v) is 6.66. The molecule has 0 aliphatic rings. The summed E-state index contributed by atoms with van der Waals surface area (Å²) in [7, 11) is 0. The van der Waals surface area contributed by atoms with Gasteiger partial charge in [0, 0.05) is 24.2 Å². The summed E-state index contributed by atoms with van der Waals surface area (Å²) in [6.45, 7) is 1.42. The number of aryl methyl sites for hydroxylation is 1. The number of ether oxygens (including phenoxy) is 1. The van der Waals surface area contributed by atoms with Crippen LogP contribution in [-0.4, -0.2) is 40.5 Å². The average Bonchev–Trinajstić information content (AvgIpc) is 3.35. The van der Waals surface area contributed by atoms with Gasteiger partial charge in [-0.15, -0.1) is 18.3 Å². The molecule has 4 heterocycles. The Hall–Kier alpha value is -3.41. The molecule has 4 rings (SSSR count). The zero-order valence-corrected chi connectivity index (χ0v) is 16.3. The fourth-order valence-electron chi connectivity index (χ4n) is 3.20. The van der Waals surface area contributed by atoms with Gasteiger partial charge in [0.25, 0.3) is 0 Å². The van der Waals surface area contributed by atoms with Crippen molar-refractivity contribution in [2.75, 3.05) is 0 Å². The molecule has 0 saturated heterocycles. The lowest BCUT2D eigenvalue weighted by Crippen LogP contribution is -2.13. The maximum Gasteiger partial charge on any atom is 0.522 e. The van der Waals surface area contributed by atoms with Gasteiger partial charge in [-0.3, -0.25) is 4.74 Å². The molecule has 8 nitrogen and oxygen atoms in total. The van der Waals surface area contributed by atoms with Crippen molar-refractivity contribution in [3.63, 3.8) is 0 Å². The summed E-state index contributed by atoms with van der Waals surface area (Å²) in [5.41, 5.74) is 1.87. The lowest BCUT2D eigenvalue weighted by atomic mass is 10.1. The molecule has 0 radical (unpaired) electrons. The van der Waals surface area contributed by atoms with E-state index in [2.05, 4.69) is 29.8 Å². The number of pyridine rings is 1. The Morgan fingerprint density at radius 3 is 2.71 bits per heavy atom. The van der Waals surface area contributed by atoms with Crippen LogP contribution in [0, 0.1) is 5.82 Å². The molecule has 4 aromatic heterocycles. The Bertz CT molecular complexity index is 1200. The number of nitrogens with zero attached hydrogens (tertiary/aromatic N) is 7. The van der Waals surface area contributed by atoms with Crippen LogP contribution >= 0.6 is 0 Å². The molecule has 0 unspecified atom stereocenters. The highest BCUT2D eigenvalue weighted by Crippen LogP contribution is 2.22. The first-order valence-corrected chi connectivity index (χ1v) is 9.40. The van der Waals surface area contributed by atoms with Gasteiger partial charge in [0.1, 0.15) is 18.6 Å². The van der Waals surface area contributed by atoms with Gasteiger partial charge in [-0.05, 0) is 18.6 Å². The van der Waals surface area contributed by atoms with Crippen LogP contribution < -0.4 is 0 Å². The van der Waals surface area contributed by atoms with Crippen molar-refractivity contribution >= 4 is 5.65 Å². The van der Waals surface area contributed by atoms with Crippen LogP contribution in [0.5, 0.6) is 0 Å². The molecule has 0 N–H and O–H groups in total. The summed E-state index contributed by atoms with van der Waals surface area (Å²) in [4.78, 5) is 16.9. The van der Waals surface area contributed by atoms with Gasteiger partial charge in [0.15, 0.2) is 23.1 Å². The highest BCUT2D eigenvalue weighted by Gasteiger charge is 2.30. The molecule has 31 heavy (non-hydrogen) atoms. The van der Waals surface area contributed by atoms with E-state index in [0.29, 0.717) is 23.6 Å². The van der Waals surface area contributed by atoms with Crippen LogP contribution in [0.15, 0.2) is 37.1 Å². The zero-order valence-electron chi connectivity index (χ0n) is 16.3. The maximum absolute atomic E-state index is 14.2. The molecule has 0 fully saturated rings. The Morgan fingerprint density at radius 2 is 1.97 bits per heavy atom. The van der Waals surface area contributed by atoms with Gasteiger partial charge >= 0.3 is 6.36 Å². The number of aromatic nitrogens is 7. The summed E-state index contributed by atoms with van der Waals surface area (Å²) in [5.74, 6) is -0.269. The van der Waals surface area contributed by atoms with E-state index in [1.165, 1.54) is 35.4 Å². The lowest BCUT2D eigenvalue weighted by molar-refractivity contribution is -0.331. The zero-order chi connectivity index (χ0) is 22.0. The van der Waals surface area contributed by atoms with Gasteiger partial charge in [-0.25, -0.2) is 28.8 Å². The maximum atomic E-state index is 14.2. The van der Waals surface area contributed by atoms with Crippen LogP contribution in [-0.2, 0) is 24.3 Å². The Morgan fingerprint density at radius 1 is 1.13 bits per heavy atom. The second-order valence-electron chi connectivity index (χ2n) is 6.66. The third-order valence-corrected chi connectivity index (χ3v) is 4.49. The fourth-order valence-corrected chi connectivity index (χ4v) is 3.20. The van der Waals surface area contributed by atoms with E-state index in [4.69, 9.17) is 0 Å². The van der Waals surface area contributed by atoms with Crippen LogP contribution in [0.3, 0.4) is 0 Å². The van der Waals surface area contributed by atoms with Gasteiger partial charge in [0.05, 0.1) is 12.2 Å². The number of hydrogen-bond donors (Lipinski definition) is 0. The molecule has 0 aliphatic carbocycles. The minimum Gasteiger partial charge on any atom is -0.324 e. The van der Waals surface area contributed by atoms with Crippen LogP contribution in [0.2, 0.25) is 0 Å². The Balaban J connectivity index is 1.69. The molecule has 0 bridgehead atoms. The summed E-state index contributed by atoms with van der Waals surface area (Å²) >= 11 is 0. The molecule has 0 aliphatic heterocycles. The highest BCUT2D eigenvalue weighted by atomic mass is 19.4. The Labute approximate surface area is 173 Å². The van der Waals surface area contributed by atoms with Crippen molar-refractivity contribution in [3.8, 4) is 11.5 Å². The van der Waals surface area contributed by atoms with E-state index in [0.717, 1.165) is 12.0 Å². The molecule has 0 spiro atoms. The molecule has 0 aromatic carbocycles. The minimum atomic E-state index is -4.77. The predicted octanol–water partition coefficient (Wildman–Crippen LogP) is 3.56. The monoisotopic (exact) mass is 435 g/mol. The first kappa shape index (κ1) is 20.8. The number of fused-ring (bicyclic) bond motifs is 1. The normalized spacial score (nSPS) is 12.0. The summed E-state index contributed by atoms with van der Waals surface area (Å²) in [5, 5.41) is 4.01. The molecule has 0 saturated carbocycles. The SMILES string of the molecule is CCCc1c(Cn2ccnc2-c2ncccc2F)ncn2nc(COC(F)(F)F)nc12. The number of rotatable bonds is 7. The molecular weight excluding hydrogens is 418 g/mol. The van der Waals surface area contributed by atoms with E-state index in [1.807, 2.05) is 6.92 Å². The van der Waals surface area contributed by atoms with Crippen molar-refractivity contribution in [2.45, 2.75) is 39.3 Å². The molecular formula is C19H17F4N7O. The van der Waals surface area contributed by atoms with Crippen molar-refractivity contribution in [3.05, 3.63) is 59.9 Å². The van der Waals surface area contributed by atoms with Crippen molar-refractivity contribution in [2.24, 2.45) is 0 Å². The lowest BCUT2D eigenvalue weighted by Gasteiger charge is -2.12. The molecule has 162 valence electrons. The number of imidazole rings is 1. The quantitative estimate of drug-likeness (QED) is 0.413. The van der Waals surface area contributed by atoms with Crippen LogP contribution in [0.1, 0.15) is 30.4 Å². The van der Waals surface area contributed by atoms with Gasteiger partial charge in [-0.1, -0.05) is 13.3 Å². The first-order valence-electron chi connectivity index (χ1n) is 9.40. The number of hydrogen-bond acceptors (Lipinski definition) is 6. The topological polar surface area (TPSA) is 83.0 Å². The summed E-state index contributed by atoms with van der Waals surface area (Å²) < 4.78 is 58.1. The minimum absolute atomic E-state index is 0.104. The van der Waals surface area contributed by atoms with Gasteiger partial charge in [0.2, 0.25) is 0 Å². The van der Waals surface area contributed by atoms with Gasteiger partial charge in [-0.2, -0.15) is 0 Å². The third-order valence-electron chi connectivity index (χ3n) is 4.49. The number of halogens is 4. The van der Waals surface area contributed by atoms with Crippen LogP contribution in [0.25, 0.3) is 17.2 Å². The smallest absolute Gasteiger partial charge is 0.324 e. The van der Waals surface area contributed by atoms with E-state index >= 15 is 0 Å². The van der Waals surface area contributed by atoms with E-state index in [-0.39, 0.29) is 18.1 Å². The first-order chi connectivity index (χ1) is 14.9. The van der Waals surface area contributed by atoms with E-state index < -0.39 is 18.8 Å². The number of alkyl halides is 3. The van der Waals surface area contributed by atoms with E-state index in [9.17, 15) is 17.6 Å². The molecule has 0 amide bonds. The standard InChI is InChI=1S/C19H17F4N7O/c1-2-4-12-14(9-29-8-7-25-18(29)16-13(20)5-3-6-24-16)26-11-30-17(12)27-15(28-30)10-31-19(21,22)23/h3,5-8,11H,2,4,9-10H2,1H3. The second kappa shape index (κ2) is 8.38. The third kappa shape index (κ3) is 4.53. The van der Waals surface area contributed by atoms with Crippen molar-refractivity contribution in [1.82, 2.24) is 34.1 Å². The Kier molecular flexibility index (Phi) is 5.63. The summed E-state index contributed by atoms with van der Waals surface area (Å²) in [6, 6.07) is 2.79. The highest BCUT2D eigenvalue weighted by molar-refractivity contribution is 5.52. The summed E-state index contributed by atoms with van der Waals surface area (Å²) in [6.07, 6.45) is 2.62. The average molecular weight is 435 g/mol. The van der Waals surface area contributed by atoms with E-state index in [1.54, 1.807) is 10.8 Å². The molecule has 0 atom stereocenters. The molecule has 12 heteroatoms.